The zero-order chi connectivity index (χ0) is 15.0. The van der Waals surface area contributed by atoms with Gasteiger partial charge in [0.25, 0.3) is 0 Å². The standard InChI is InChI=1S/C14H25N3O2S/c1-3-10-17-20(18,19)14-7-5-13(6-8-14)16-11-9-12(15)4-2/h5-8,12,16-17H,3-4,9-11,15H2,1-2H3. The molecule has 0 fully saturated rings. The lowest BCUT2D eigenvalue weighted by molar-refractivity contribution is 0.581. The van der Waals surface area contributed by atoms with Crippen molar-refractivity contribution >= 4 is 15.7 Å². The van der Waals surface area contributed by atoms with E-state index in [1.807, 2.05) is 6.92 Å². The molecule has 0 bridgehead atoms. The summed E-state index contributed by atoms with van der Waals surface area (Å²) >= 11 is 0. The van der Waals surface area contributed by atoms with Gasteiger partial charge in [0, 0.05) is 24.8 Å². The van der Waals surface area contributed by atoms with Crippen LogP contribution in [0.2, 0.25) is 0 Å². The van der Waals surface area contributed by atoms with E-state index in [0.29, 0.717) is 11.4 Å². The van der Waals surface area contributed by atoms with E-state index in [9.17, 15) is 8.42 Å². The smallest absolute Gasteiger partial charge is 0.240 e. The van der Waals surface area contributed by atoms with Gasteiger partial charge in [-0.15, -0.1) is 0 Å². The van der Waals surface area contributed by atoms with Crippen LogP contribution in [0.3, 0.4) is 0 Å². The molecule has 0 amide bonds. The largest absolute Gasteiger partial charge is 0.385 e. The molecular formula is C14H25N3O2S. The lowest BCUT2D eigenvalue weighted by Crippen LogP contribution is -2.24. The molecule has 1 atom stereocenters. The predicted octanol–water partition coefficient (Wildman–Crippen LogP) is 1.91. The molecule has 20 heavy (non-hydrogen) atoms. The molecule has 0 spiro atoms. The summed E-state index contributed by atoms with van der Waals surface area (Å²) in [5, 5.41) is 3.24. The second-order valence-corrected chi connectivity index (χ2v) is 6.57. The first-order valence-electron chi connectivity index (χ1n) is 7.08. The fourth-order valence-corrected chi connectivity index (χ4v) is 2.81. The van der Waals surface area contributed by atoms with Crippen molar-refractivity contribution in [1.29, 1.82) is 0 Å². The molecule has 114 valence electrons. The van der Waals surface area contributed by atoms with E-state index in [1.54, 1.807) is 24.3 Å². The van der Waals surface area contributed by atoms with Gasteiger partial charge in [-0.2, -0.15) is 0 Å². The fourth-order valence-electron chi connectivity index (χ4n) is 1.68. The maximum atomic E-state index is 11.9. The molecule has 0 aliphatic rings. The molecule has 6 heteroatoms. The van der Waals surface area contributed by atoms with Gasteiger partial charge in [-0.3, -0.25) is 0 Å². The van der Waals surface area contributed by atoms with Crippen molar-refractivity contribution in [2.75, 3.05) is 18.4 Å². The van der Waals surface area contributed by atoms with Crippen molar-refractivity contribution in [3.63, 3.8) is 0 Å². The SMILES string of the molecule is CCCNS(=O)(=O)c1ccc(NCCC(N)CC)cc1. The first-order chi connectivity index (χ1) is 9.49. The van der Waals surface area contributed by atoms with Gasteiger partial charge in [0.2, 0.25) is 10.0 Å². The monoisotopic (exact) mass is 299 g/mol. The Kier molecular flexibility index (Phi) is 6.98. The maximum Gasteiger partial charge on any atom is 0.240 e. The molecule has 1 rings (SSSR count). The lowest BCUT2D eigenvalue weighted by Gasteiger charge is -2.11. The highest BCUT2D eigenvalue weighted by molar-refractivity contribution is 7.89. The summed E-state index contributed by atoms with van der Waals surface area (Å²) < 4.78 is 26.3. The summed E-state index contributed by atoms with van der Waals surface area (Å²) in [6, 6.07) is 6.98. The molecular weight excluding hydrogens is 274 g/mol. The Labute approximate surface area is 122 Å². The normalized spacial score (nSPS) is 13.2. The second kappa shape index (κ2) is 8.24. The van der Waals surface area contributed by atoms with Crippen molar-refractivity contribution in [2.24, 2.45) is 5.73 Å². The van der Waals surface area contributed by atoms with Crippen molar-refractivity contribution in [1.82, 2.24) is 4.72 Å². The average Bonchev–Trinajstić information content (AvgIpc) is 2.45. The van der Waals surface area contributed by atoms with Crippen molar-refractivity contribution in [3.05, 3.63) is 24.3 Å². The highest BCUT2D eigenvalue weighted by Crippen LogP contribution is 2.14. The van der Waals surface area contributed by atoms with Crippen LogP contribution in [0.1, 0.15) is 33.1 Å². The minimum atomic E-state index is -3.37. The number of rotatable bonds is 9. The number of hydrogen-bond acceptors (Lipinski definition) is 4. The topological polar surface area (TPSA) is 84.2 Å². The van der Waals surface area contributed by atoms with E-state index in [1.165, 1.54) is 0 Å². The molecule has 0 aliphatic carbocycles. The quantitative estimate of drug-likeness (QED) is 0.650. The van der Waals surface area contributed by atoms with E-state index in [0.717, 1.165) is 31.5 Å². The van der Waals surface area contributed by atoms with E-state index in [2.05, 4.69) is 17.0 Å². The first kappa shape index (κ1) is 16.9. The van der Waals surface area contributed by atoms with Gasteiger partial charge in [-0.1, -0.05) is 13.8 Å². The molecule has 1 aromatic carbocycles. The van der Waals surface area contributed by atoms with Gasteiger partial charge >= 0.3 is 0 Å². The summed E-state index contributed by atoms with van der Waals surface area (Å²) in [4.78, 5) is 0.293. The Morgan fingerprint density at radius 3 is 2.35 bits per heavy atom. The van der Waals surface area contributed by atoms with Crippen LogP contribution < -0.4 is 15.8 Å². The number of anilines is 1. The van der Waals surface area contributed by atoms with Gasteiger partial charge in [0.1, 0.15) is 0 Å². The van der Waals surface area contributed by atoms with Crippen LogP contribution in [-0.2, 0) is 10.0 Å². The van der Waals surface area contributed by atoms with E-state index in [-0.39, 0.29) is 6.04 Å². The van der Waals surface area contributed by atoms with Crippen LogP contribution >= 0.6 is 0 Å². The van der Waals surface area contributed by atoms with Crippen molar-refractivity contribution in [3.8, 4) is 0 Å². The van der Waals surface area contributed by atoms with Crippen LogP contribution in [0.5, 0.6) is 0 Å². The highest BCUT2D eigenvalue weighted by atomic mass is 32.2. The first-order valence-corrected chi connectivity index (χ1v) is 8.57. The number of sulfonamides is 1. The molecule has 0 radical (unpaired) electrons. The molecule has 1 unspecified atom stereocenters. The number of hydrogen-bond donors (Lipinski definition) is 3. The minimum Gasteiger partial charge on any atom is -0.385 e. The zero-order valence-electron chi connectivity index (χ0n) is 12.2. The summed E-state index contributed by atoms with van der Waals surface area (Å²) in [6.45, 7) is 5.23. The summed E-state index contributed by atoms with van der Waals surface area (Å²) in [6.07, 6.45) is 2.63. The maximum absolute atomic E-state index is 11.9. The Bertz CT molecular complexity index is 486. The van der Waals surface area contributed by atoms with Gasteiger partial charge in [0.15, 0.2) is 0 Å². The Morgan fingerprint density at radius 1 is 1.15 bits per heavy atom. The average molecular weight is 299 g/mol. The molecule has 1 aromatic rings. The van der Waals surface area contributed by atoms with E-state index >= 15 is 0 Å². The lowest BCUT2D eigenvalue weighted by atomic mass is 10.2. The summed E-state index contributed by atoms with van der Waals surface area (Å²) in [5.74, 6) is 0. The van der Waals surface area contributed by atoms with Gasteiger partial charge in [-0.05, 0) is 43.5 Å². The third-order valence-electron chi connectivity index (χ3n) is 3.08. The zero-order valence-corrected chi connectivity index (χ0v) is 13.0. The predicted molar refractivity (Wildman–Crippen MR) is 83.3 cm³/mol. The number of nitrogens with one attached hydrogen (secondary N) is 2. The van der Waals surface area contributed by atoms with Crippen LogP contribution in [0.25, 0.3) is 0 Å². The Balaban J connectivity index is 2.56. The van der Waals surface area contributed by atoms with Crippen LogP contribution in [0.15, 0.2) is 29.2 Å². The molecule has 4 N–H and O–H groups in total. The van der Waals surface area contributed by atoms with Crippen LogP contribution in [0, 0.1) is 0 Å². The summed E-state index contributed by atoms with van der Waals surface area (Å²) in [5.41, 5.74) is 6.74. The summed E-state index contributed by atoms with van der Waals surface area (Å²) in [7, 11) is -3.37. The molecule has 0 aliphatic heterocycles. The van der Waals surface area contributed by atoms with E-state index in [4.69, 9.17) is 5.73 Å². The van der Waals surface area contributed by atoms with Crippen molar-refractivity contribution < 1.29 is 8.42 Å². The van der Waals surface area contributed by atoms with Gasteiger partial charge in [0.05, 0.1) is 4.90 Å². The Hall–Kier alpha value is -1.11. The minimum absolute atomic E-state index is 0.209. The third kappa shape index (κ3) is 5.48. The molecule has 0 saturated heterocycles. The third-order valence-corrected chi connectivity index (χ3v) is 4.55. The van der Waals surface area contributed by atoms with Gasteiger partial charge < -0.3 is 11.1 Å². The number of benzene rings is 1. The van der Waals surface area contributed by atoms with Crippen molar-refractivity contribution in [2.45, 2.75) is 44.0 Å². The Morgan fingerprint density at radius 2 is 1.80 bits per heavy atom. The molecule has 0 aromatic heterocycles. The molecule has 0 saturated carbocycles. The highest BCUT2D eigenvalue weighted by Gasteiger charge is 2.12. The van der Waals surface area contributed by atoms with Crippen LogP contribution in [-0.4, -0.2) is 27.5 Å². The molecule has 0 heterocycles. The van der Waals surface area contributed by atoms with Gasteiger partial charge in [-0.25, -0.2) is 13.1 Å². The van der Waals surface area contributed by atoms with Crippen LogP contribution in [0.4, 0.5) is 5.69 Å². The molecule has 5 nitrogen and oxygen atoms in total. The second-order valence-electron chi connectivity index (χ2n) is 4.81. The fraction of sp³-hybridized carbons (Fsp3) is 0.571. The van der Waals surface area contributed by atoms with E-state index < -0.39 is 10.0 Å². The number of nitrogens with two attached hydrogens (primary N) is 1.